The van der Waals surface area contributed by atoms with Crippen LogP contribution in [0, 0.1) is 5.82 Å². The quantitative estimate of drug-likeness (QED) is 0.306. The molecular weight excluding hydrogens is 514 g/mol. The Balaban J connectivity index is 1.81. The Morgan fingerprint density at radius 2 is 2.11 bits per heavy atom. The number of aliphatic imine (C=N–C) groups is 1. The number of halogens is 2. The molecule has 2 atom stereocenters. The van der Waals surface area contributed by atoms with Crippen molar-refractivity contribution in [3.63, 3.8) is 0 Å². The van der Waals surface area contributed by atoms with E-state index in [9.17, 15) is 8.96 Å². The molecule has 0 spiro atoms. The molecule has 2 aliphatic rings. The number of hydrogen-bond acceptors (Lipinski definition) is 8. The van der Waals surface area contributed by atoms with Gasteiger partial charge in [0.2, 0.25) is 0 Å². The van der Waals surface area contributed by atoms with E-state index in [2.05, 4.69) is 16.7 Å². The molecule has 0 saturated carbocycles. The van der Waals surface area contributed by atoms with Gasteiger partial charge in [0, 0.05) is 52.4 Å². The van der Waals surface area contributed by atoms with Crippen LogP contribution in [0.15, 0.2) is 58.4 Å². The van der Waals surface area contributed by atoms with Crippen LogP contribution < -0.4 is 5.09 Å². The van der Waals surface area contributed by atoms with Crippen molar-refractivity contribution in [1.82, 2.24) is 15.0 Å². The molecule has 2 aliphatic heterocycles. The molecule has 0 unspecified atom stereocenters. The van der Waals surface area contributed by atoms with Gasteiger partial charge in [0.25, 0.3) is 0 Å². The molecule has 0 bridgehead atoms. The van der Waals surface area contributed by atoms with Gasteiger partial charge in [-0.15, -0.1) is 11.3 Å². The Hall–Kier alpha value is -2.07. The minimum absolute atomic E-state index is 0.242. The van der Waals surface area contributed by atoms with E-state index in [1.807, 2.05) is 10.3 Å². The molecule has 12 heteroatoms. The summed E-state index contributed by atoms with van der Waals surface area (Å²) in [5.74, 6) is 0.614. The Bertz CT molecular complexity index is 1200. The van der Waals surface area contributed by atoms with Gasteiger partial charge in [-0.2, -0.15) is 0 Å². The van der Waals surface area contributed by atoms with Crippen molar-refractivity contribution in [3.05, 3.63) is 74.8 Å². The van der Waals surface area contributed by atoms with E-state index in [1.54, 1.807) is 26.1 Å². The summed E-state index contributed by atoms with van der Waals surface area (Å²) < 4.78 is 43.5. The van der Waals surface area contributed by atoms with E-state index < -0.39 is 19.6 Å². The summed E-state index contributed by atoms with van der Waals surface area (Å²) in [6.07, 6.45) is 2.18. The number of benzene rings is 1. The summed E-state index contributed by atoms with van der Waals surface area (Å²) in [6, 6.07) is 3.36. The van der Waals surface area contributed by atoms with E-state index in [0.29, 0.717) is 40.7 Å². The number of amidine groups is 1. The summed E-state index contributed by atoms with van der Waals surface area (Å²) in [5.41, 5.74) is 2.21. The largest absolute Gasteiger partial charge is 0.497 e. The summed E-state index contributed by atoms with van der Waals surface area (Å²) in [5, 5.41) is 5.92. The fourth-order valence-corrected chi connectivity index (χ4v) is 6.70. The molecule has 1 aromatic carbocycles. The fourth-order valence-electron chi connectivity index (χ4n) is 4.26. The predicted octanol–water partition coefficient (Wildman–Crippen LogP) is 5.70. The van der Waals surface area contributed by atoms with E-state index in [1.165, 1.54) is 30.6 Å². The van der Waals surface area contributed by atoms with Crippen LogP contribution in [-0.2, 0) is 18.3 Å². The molecule has 1 saturated heterocycles. The summed E-state index contributed by atoms with van der Waals surface area (Å²) in [4.78, 5) is 11.5. The Morgan fingerprint density at radius 1 is 1.37 bits per heavy atom. The lowest BCUT2D eigenvalue weighted by atomic mass is 9.93. The first-order chi connectivity index (χ1) is 16.8. The molecule has 1 aromatic heterocycles. The van der Waals surface area contributed by atoms with Crippen molar-refractivity contribution in [1.29, 1.82) is 0 Å². The van der Waals surface area contributed by atoms with Crippen molar-refractivity contribution in [2.24, 2.45) is 4.99 Å². The zero-order valence-corrected chi connectivity index (χ0v) is 22.1. The number of nitrogens with one attached hydrogen (secondary N) is 1. The van der Waals surface area contributed by atoms with Crippen molar-refractivity contribution >= 4 is 36.5 Å². The smallest absolute Gasteiger partial charge is 0.405 e. The van der Waals surface area contributed by atoms with Crippen molar-refractivity contribution < 1.29 is 22.7 Å². The molecule has 1 N–H and O–H groups in total. The first-order valence-electron chi connectivity index (χ1n) is 11.1. The zero-order valence-electron chi connectivity index (χ0n) is 19.7. The maximum absolute atomic E-state index is 13.8. The Labute approximate surface area is 213 Å². The third kappa shape index (κ3) is 5.38. The highest BCUT2D eigenvalue weighted by molar-refractivity contribution is 7.51. The van der Waals surface area contributed by atoms with Gasteiger partial charge >= 0.3 is 7.75 Å². The third-order valence-electron chi connectivity index (χ3n) is 5.63. The molecule has 35 heavy (non-hydrogen) atoms. The number of aromatic nitrogens is 1. The molecule has 3 heterocycles. The lowest BCUT2D eigenvalue weighted by Crippen LogP contribution is -2.37. The topological polar surface area (TPSA) is 85.3 Å². The third-order valence-corrected chi connectivity index (χ3v) is 8.60. The fraction of sp³-hybridized carbons (Fsp3) is 0.391. The van der Waals surface area contributed by atoms with E-state index in [4.69, 9.17) is 30.4 Å². The van der Waals surface area contributed by atoms with Gasteiger partial charge in [-0.3, -0.25) is 14.0 Å². The molecule has 0 amide bonds. The molecule has 0 radical (unpaired) electrons. The van der Waals surface area contributed by atoms with Gasteiger partial charge in [0.1, 0.15) is 17.6 Å². The monoisotopic (exact) mass is 540 g/mol. The summed E-state index contributed by atoms with van der Waals surface area (Å²) in [7, 11) is -1.97. The molecular formula is C23H27ClFN4O4PS. The Kier molecular flexibility index (Phi) is 8.10. The van der Waals surface area contributed by atoms with Gasteiger partial charge < -0.3 is 9.64 Å². The predicted molar refractivity (Wildman–Crippen MR) is 135 cm³/mol. The lowest BCUT2D eigenvalue weighted by Gasteiger charge is -2.33. The minimum Gasteiger partial charge on any atom is -0.497 e. The van der Waals surface area contributed by atoms with Crippen molar-refractivity contribution in [3.8, 4) is 0 Å². The average molecular weight is 541 g/mol. The molecule has 0 aliphatic carbocycles. The van der Waals surface area contributed by atoms with Gasteiger partial charge in [-0.05, 0) is 26.0 Å². The second-order valence-electron chi connectivity index (χ2n) is 7.82. The number of thiazole rings is 1. The number of hydrogen-bond donors (Lipinski definition) is 1. The molecule has 8 nitrogen and oxygen atoms in total. The second-order valence-corrected chi connectivity index (χ2v) is 10.9. The van der Waals surface area contributed by atoms with E-state index >= 15 is 0 Å². The highest BCUT2D eigenvalue weighted by Crippen LogP contribution is 2.48. The van der Waals surface area contributed by atoms with Gasteiger partial charge in [0.15, 0.2) is 10.8 Å². The van der Waals surface area contributed by atoms with Gasteiger partial charge in [-0.1, -0.05) is 24.2 Å². The molecule has 2 aromatic rings. The first-order valence-corrected chi connectivity index (χ1v) is 13.9. The summed E-state index contributed by atoms with van der Waals surface area (Å²) in [6.45, 7) is 8.55. The second kappa shape index (κ2) is 10.9. The number of ether oxygens (including phenoxy) is 1. The zero-order chi connectivity index (χ0) is 25.2. The highest BCUT2D eigenvalue weighted by atomic mass is 35.5. The van der Waals surface area contributed by atoms with Crippen molar-refractivity contribution in [2.45, 2.75) is 32.4 Å². The van der Waals surface area contributed by atoms with Crippen LogP contribution in [0.1, 0.15) is 36.9 Å². The maximum atomic E-state index is 13.8. The molecule has 4 rings (SSSR count). The van der Waals surface area contributed by atoms with Crippen LogP contribution in [0.3, 0.4) is 0 Å². The molecule has 188 valence electrons. The first kappa shape index (κ1) is 26.0. The van der Waals surface area contributed by atoms with Crippen molar-refractivity contribution in [2.75, 3.05) is 26.9 Å². The van der Waals surface area contributed by atoms with Crippen LogP contribution in [0.2, 0.25) is 5.02 Å². The average Bonchev–Trinajstić information content (AvgIpc) is 3.48. The van der Waals surface area contributed by atoms with E-state index in [0.717, 1.165) is 5.70 Å². The van der Waals surface area contributed by atoms with Crippen LogP contribution in [0.4, 0.5) is 4.39 Å². The van der Waals surface area contributed by atoms with E-state index in [-0.39, 0.29) is 24.3 Å². The Morgan fingerprint density at radius 3 is 2.71 bits per heavy atom. The highest BCUT2D eigenvalue weighted by Gasteiger charge is 2.43. The van der Waals surface area contributed by atoms with Crippen LogP contribution in [-0.4, -0.2) is 48.6 Å². The van der Waals surface area contributed by atoms with Gasteiger partial charge in [0.05, 0.1) is 20.3 Å². The van der Waals surface area contributed by atoms with Crippen LogP contribution >= 0.6 is 30.7 Å². The number of fused-ring (bicyclic) bond motifs is 1. The van der Waals surface area contributed by atoms with Crippen LogP contribution in [0.5, 0.6) is 0 Å². The van der Waals surface area contributed by atoms with Gasteiger partial charge in [-0.25, -0.2) is 19.0 Å². The minimum atomic E-state index is -3.51. The normalized spacial score (nSPS) is 20.1. The molecule has 1 fully saturated rings. The number of nitrogens with zero attached hydrogens (tertiary/aromatic N) is 3. The SMILES string of the molecule is C=C(OC)C1=C2C[C@H](NP(=O)(OCC)OCC)CN2C(c2nccs2)=N[C@H]1c1ccc(F)cc1Cl. The lowest BCUT2D eigenvalue weighted by molar-refractivity contribution is 0.207. The van der Waals surface area contributed by atoms with Crippen LogP contribution in [0.25, 0.3) is 0 Å². The maximum Gasteiger partial charge on any atom is 0.405 e. The summed E-state index contributed by atoms with van der Waals surface area (Å²) >= 11 is 7.92. The standard InChI is InChI=1S/C23H27ClFN4O4PS/c1-5-32-34(30,33-6-2)28-16-12-19-20(14(3)31-4)21(17-8-7-15(25)11-18(17)24)27-22(29(19)13-16)23-26-9-10-35-23/h7-11,16,21H,3,5-6,12-13H2,1-2,4H3,(H,28,30)/t16-,21-/m0/s1. The number of rotatable bonds is 10. The number of methoxy groups -OCH3 is 1.